The van der Waals surface area contributed by atoms with Crippen LogP contribution >= 0.6 is 11.3 Å². The highest BCUT2D eigenvalue weighted by Gasteiger charge is 2.33. The molecule has 0 saturated carbocycles. The Morgan fingerprint density at radius 3 is 2.96 bits per heavy atom. The van der Waals surface area contributed by atoms with Gasteiger partial charge in [-0.2, -0.15) is 0 Å². The van der Waals surface area contributed by atoms with E-state index < -0.39 is 6.04 Å². The molecule has 1 N–H and O–H groups in total. The number of hydrogen-bond donors (Lipinski definition) is 1. The van der Waals surface area contributed by atoms with Crippen molar-refractivity contribution in [2.45, 2.75) is 25.5 Å². The van der Waals surface area contributed by atoms with Crippen LogP contribution in [0.4, 0.5) is 0 Å². The maximum atomic E-state index is 13.0. The van der Waals surface area contributed by atoms with Crippen molar-refractivity contribution in [3.8, 4) is 0 Å². The predicted molar refractivity (Wildman–Crippen MR) is 95.4 cm³/mol. The minimum absolute atomic E-state index is 0.101. The van der Waals surface area contributed by atoms with Crippen LogP contribution in [-0.2, 0) is 22.6 Å². The van der Waals surface area contributed by atoms with Crippen LogP contribution < -0.4 is 5.32 Å². The summed E-state index contributed by atoms with van der Waals surface area (Å²) in [6, 6.07) is 9.26. The smallest absolute Gasteiger partial charge is 0.266 e. The number of aromatic nitrogens is 1. The first-order valence-electron chi connectivity index (χ1n) is 8.25. The quantitative estimate of drug-likeness (QED) is 0.885. The average Bonchev–Trinajstić information content (AvgIpc) is 3.02. The van der Waals surface area contributed by atoms with Crippen LogP contribution in [0, 0.1) is 0 Å². The number of nitrogens with one attached hydrogen (secondary N) is 1. The number of carbonyl (C=O) groups excluding carboxylic acids is 2. The molecule has 0 bridgehead atoms. The van der Waals surface area contributed by atoms with Crippen molar-refractivity contribution in [2.75, 3.05) is 20.2 Å². The fourth-order valence-corrected chi connectivity index (χ4v) is 3.75. The molecule has 1 unspecified atom stereocenters. The van der Waals surface area contributed by atoms with Gasteiger partial charge in [-0.15, -0.1) is 11.3 Å². The molecule has 0 radical (unpaired) electrons. The summed E-state index contributed by atoms with van der Waals surface area (Å²) in [5.74, 6) is -0.242. The number of benzene rings is 1. The molecule has 6 nitrogen and oxygen atoms in total. The molecule has 1 saturated heterocycles. The van der Waals surface area contributed by atoms with Gasteiger partial charge in [0.05, 0.1) is 12.8 Å². The van der Waals surface area contributed by atoms with E-state index in [1.165, 1.54) is 11.3 Å². The molecule has 1 aromatic heterocycles. The Balaban J connectivity index is 1.83. The summed E-state index contributed by atoms with van der Waals surface area (Å²) in [4.78, 5) is 32.0. The van der Waals surface area contributed by atoms with Crippen LogP contribution in [0.1, 0.15) is 26.7 Å². The average molecular weight is 359 g/mol. The molecule has 1 aromatic carbocycles. The van der Waals surface area contributed by atoms with Crippen LogP contribution in [-0.4, -0.2) is 47.9 Å². The first-order chi connectivity index (χ1) is 12.2. The zero-order valence-electron chi connectivity index (χ0n) is 14.1. The van der Waals surface area contributed by atoms with E-state index in [2.05, 4.69) is 10.3 Å². The summed E-state index contributed by atoms with van der Waals surface area (Å²) in [5.41, 5.74) is 1.03. The molecule has 1 aliphatic rings. The molecule has 1 aliphatic heterocycles. The van der Waals surface area contributed by atoms with Crippen LogP contribution in [0.5, 0.6) is 0 Å². The fraction of sp³-hybridized carbons (Fsp3) is 0.389. The fourth-order valence-electron chi connectivity index (χ4n) is 2.90. The summed E-state index contributed by atoms with van der Waals surface area (Å²) in [5, 5.41) is 3.67. The molecule has 1 fully saturated rings. The summed E-state index contributed by atoms with van der Waals surface area (Å²) in [7, 11) is 1.60. The summed E-state index contributed by atoms with van der Waals surface area (Å²) < 4.78 is 5.06. The van der Waals surface area contributed by atoms with Gasteiger partial charge in [0.15, 0.2) is 0 Å². The number of thiazole rings is 1. The molecule has 0 spiro atoms. The van der Waals surface area contributed by atoms with Gasteiger partial charge in [0.25, 0.3) is 5.91 Å². The first-order valence-corrected chi connectivity index (χ1v) is 9.07. The second-order valence-corrected chi connectivity index (χ2v) is 7.02. The predicted octanol–water partition coefficient (Wildman–Crippen LogP) is 1.86. The monoisotopic (exact) mass is 359 g/mol. The van der Waals surface area contributed by atoms with Gasteiger partial charge in [-0.3, -0.25) is 9.59 Å². The van der Waals surface area contributed by atoms with E-state index in [9.17, 15) is 9.59 Å². The third kappa shape index (κ3) is 4.24. The summed E-state index contributed by atoms with van der Waals surface area (Å²) in [6.45, 7) is 1.52. The number of rotatable bonds is 5. The third-order valence-corrected chi connectivity index (χ3v) is 5.08. The number of nitrogens with zero attached hydrogens (tertiary/aromatic N) is 2. The SMILES string of the molecule is COCc1ncc(C(=O)N2CCCNC(=O)C2Cc2ccccc2)s1. The van der Waals surface area contributed by atoms with Gasteiger partial charge < -0.3 is 15.0 Å². The molecule has 2 amide bonds. The number of carbonyl (C=O) groups is 2. The Labute approximate surface area is 150 Å². The van der Waals surface area contributed by atoms with E-state index >= 15 is 0 Å². The largest absolute Gasteiger partial charge is 0.378 e. The molecule has 25 heavy (non-hydrogen) atoms. The van der Waals surface area contributed by atoms with E-state index in [4.69, 9.17) is 4.74 Å². The van der Waals surface area contributed by atoms with E-state index in [0.717, 1.165) is 17.0 Å². The molecule has 2 aromatic rings. The van der Waals surface area contributed by atoms with Crippen molar-refractivity contribution in [1.82, 2.24) is 15.2 Å². The Bertz CT molecular complexity index is 732. The second kappa shape index (κ2) is 8.22. The maximum Gasteiger partial charge on any atom is 0.266 e. The minimum Gasteiger partial charge on any atom is -0.378 e. The van der Waals surface area contributed by atoms with Crippen LogP contribution in [0.25, 0.3) is 0 Å². The molecule has 3 rings (SSSR count). The highest BCUT2D eigenvalue weighted by Crippen LogP contribution is 2.20. The number of methoxy groups -OCH3 is 1. The van der Waals surface area contributed by atoms with E-state index in [1.54, 1.807) is 18.2 Å². The number of amides is 2. The molecular weight excluding hydrogens is 338 g/mol. The van der Waals surface area contributed by atoms with Crippen LogP contribution in [0.15, 0.2) is 36.5 Å². The summed E-state index contributed by atoms with van der Waals surface area (Å²) >= 11 is 1.32. The first kappa shape index (κ1) is 17.6. The Morgan fingerprint density at radius 2 is 2.20 bits per heavy atom. The summed E-state index contributed by atoms with van der Waals surface area (Å²) in [6.07, 6.45) is 2.82. The second-order valence-electron chi connectivity index (χ2n) is 5.90. The van der Waals surface area contributed by atoms with E-state index in [-0.39, 0.29) is 11.8 Å². The lowest BCUT2D eigenvalue weighted by Crippen LogP contribution is -2.48. The Morgan fingerprint density at radius 1 is 1.40 bits per heavy atom. The van der Waals surface area contributed by atoms with Crippen molar-refractivity contribution in [3.63, 3.8) is 0 Å². The van der Waals surface area contributed by atoms with Gasteiger partial charge in [0, 0.05) is 26.6 Å². The lowest BCUT2D eigenvalue weighted by molar-refractivity contribution is -0.124. The Kier molecular flexibility index (Phi) is 5.78. The lowest BCUT2D eigenvalue weighted by Gasteiger charge is -2.28. The van der Waals surface area contributed by atoms with E-state index in [1.807, 2.05) is 30.3 Å². The van der Waals surface area contributed by atoms with Crippen molar-refractivity contribution in [1.29, 1.82) is 0 Å². The number of hydrogen-bond acceptors (Lipinski definition) is 5. The van der Waals surface area contributed by atoms with Gasteiger partial charge in [0.2, 0.25) is 5.91 Å². The zero-order chi connectivity index (χ0) is 17.6. The third-order valence-electron chi connectivity index (χ3n) is 4.12. The highest BCUT2D eigenvalue weighted by atomic mass is 32.1. The normalized spacial score (nSPS) is 17.9. The van der Waals surface area contributed by atoms with Gasteiger partial charge in [-0.05, 0) is 12.0 Å². The highest BCUT2D eigenvalue weighted by molar-refractivity contribution is 7.13. The molecule has 0 aliphatic carbocycles. The molecular formula is C18H21N3O3S. The molecule has 132 valence electrons. The topological polar surface area (TPSA) is 71.5 Å². The Hall–Kier alpha value is -2.25. The molecule has 2 heterocycles. The van der Waals surface area contributed by atoms with Gasteiger partial charge in [-0.1, -0.05) is 30.3 Å². The van der Waals surface area contributed by atoms with Crippen molar-refractivity contribution >= 4 is 23.2 Å². The molecule has 1 atom stereocenters. The van der Waals surface area contributed by atoms with E-state index in [0.29, 0.717) is 31.0 Å². The van der Waals surface area contributed by atoms with Crippen molar-refractivity contribution < 1.29 is 14.3 Å². The lowest BCUT2D eigenvalue weighted by atomic mass is 10.0. The van der Waals surface area contributed by atoms with Gasteiger partial charge in [0.1, 0.15) is 15.9 Å². The zero-order valence-corrected chi connectivity index (χ0v) is 14.9. The maximum absolute atomic E-state index is 13.0. The van der Waals surface area contributed by atoms with Gasteiger partial charge >= 0.3 is 0 Å². The van der Waals surface area contributed by atoms with Gasteiger partial charge in [-0.25, -0.2) is 4.98 Å². The van der Waals surface area contributed by atoms with Crippen LogP contribution in [0.2, 0.25) is 0 Å². The standard InChI is InChI=1S/C18H21N3O3S/c1-24-12-16-20-11-15(25-16)18(23)21-9-5-8-19-17(22)14(21)10-13-6-3-2-4-7-13/h2-4,6-7,11,14H,5,8-10,12H2,1H3,(H,19,22). The number of ether oxygens (including phenoxy) is 1. The molecule has 7 heteroatoms. The minimum atomic E-state index is -0.509. The van der Waals surface area contributed by atoms with Crippen molar-refractivity contribution in [2.24, 2.45) is 0 Å². The van der Waals surface area contributed by atoms with Crippen molar-refractivity contribution in [3.05, 3.63) is 52.0 Å². The van der Waals surface area contributed by atoms with Crippen LogP contribution in [0.3, 0.4) is 0 Å².